The van der Waals surface area contributed by atoms with Gasteiger partial charge in [0.15, 0.2) is 0 Å². The van der Waals surface area contributed by atoms with Crippen LogP contribution in [0.2, 0.25) is 0 Å². The summed E-state index contributed by atoms with van der Waals surface area (Å²) in [4.78, 5) is 26.1. The number of amides is 2. The summed E-state index contributed by atoms with van der Waals surface area (Å²) in [6.07, 6.45) is 2.58. The van der Waals surface area contributed by atoms with E-state index in [4.69, 9.17) is 0 Å². The van der Waals surface area contributed by atoms with E-state index in [1.54, 1.807) is 42.3 Å². The van der Waals surface area contributed by atoms with Gasteiger partial charge in [-0.2, -0.15) is 0 Å². The van der Waals surface area contributed by atoms with Gasteiger partial charge in [-0.15, -0.1) is 0 Å². The first-order valence-electron chi connectivity index (χ1n) is 9.96. The summed E-state index contributed by atoms with van der Waals surface area (Å²) < 4.78 is 14.2. The summed E-state index contributed by atoms with van der Waals surface area (Å²) in [6.45, 7) is 0.571. The highest BCUT2D eigenvalue weighted by molar-refractivity contribution is 9.10. The van der Waals surface area contributed by atoms with Crippen molar-refractivity contribution in [1.82, 2.24) is 21.1 Å². The van der Waals surface area contributed by atoms with Crippen LogP contribution in [0.25, 0.3) is 0 Å². The van der Waals surface area contributed by atoms with Crippen molar-refractivity contribution >= 4 is 27.7 Å². The Morgan fingerprint density at radius 2 is 2.00 bits per heavy atom. The number of likely N-dealkylation sites (N-methyl/N-ethyl adjacent to an activating group) is 1. The van der Waals surface area contributed by atoms with E-state index in [0.29, 0.717) is 12.1 Å². The van der Waals surface area contributed by atoms with Crippen molar-refractivity contribution in [3.8, 4) is 0 Å². The molecule has 30 heavy (non-hydrogen) atoms. The highest BCUT2D eigenvalue weighted by Gasteiger charge is 2.25. The number of carbonyl (C=O) groups is 2. The summed E-state index contributed by atoms with van der Waals surface area (Å²) in [5.41, 5.74) is 7.91. The van der Waals surface area contributed by atoms with E-state index >= 15 is 0 Å². The molecule has 6 nitrogen and oxygen atoms in total. The van der Waals surface area contributed by atoms with Crippen LogP contribution in [-0.4, -0.2) is 42.9 Å². The number of halogens is 2. The molecule has 0 bridgehead atoms. The summed E-state index contributed by atoms with van der Waals surface area (Å²) in [5.74, 6) is -0.638. The second-order valence-electron chi connectivity index (χ2n) is 7.48. The molecule has 1 saturated heterocycles. The van der Waals surface area contributed by atoms with Crippen LogP contribution in [0.1, 0.15) is 41.2 Å². The van der Waals surface area contributed by atoms with Crippen LogP contribution in [0.5, 0.6) is 0 Å². The average Bonchev–Trinajstić information content (AvgIpc) is 3.20. The largest absolute Gasteiger partial charge is 0.344 e. The molecule has 2 amide bonds. The number of carbonyl (C=O) groups excluding carboxylic acids is 2. The molecular formula is C22H26BrFN4O2. The van der Waals surface area contributed by atoms with Gasteiger partial charge in [0.2, 0.25) is 5.91 Å². The van der Waals surface area contributed by atoms with Crippen LogP contribution >= 0.6 is 15.9 Å². The highest BCUT2D eigenvalue weighted by atomic mass is 79.9. The number of nitrogens with one attached hydrogen (secondary N) is 3. The van der Waals surface area contributed by atoms with E-state index in [-0.39, 0.29) is 36.3 Å². The number of rotatable bonds is 8. The zero-order valence-corrected chi connectivity index (χ0v) is 18.4. The molecule has 1 heterocycles. The van der Waals surface area contributed by atoms with Gasteiger partial charge in [0.1, 0.15) is 5.82 Å². The van der Waals surface area contributed by atoms with E-state index in [0.717, 1.165) is 29.3 Å². The zero-order chi connectivity index (χ0) is 21.5. The number of hydrogen-bond donors (Lipinski definition) is 3. The third-order valence-electron chi connectivity index (χ3n) is 5.19. The third kappa shape index (κ3) is 6.35. The second-order valence-corrected chi connectivity index (χ2v) is 8.40. The predicted octanol–water partition coefficient (Wildman–Crippen LogP) is 3.16. The van der Waals surface area contributed by atoms with Gasteiger partial charge >= 0.3 is 0 Å². The molecule has 8 heteroatoms. The van der Waals surface area contributed by atoms with E-state index in [1.165, 1.54) is 6.07 Å². The normalized spacial score (nSPS) is 18.2. The predicted molar refractivity (Wildman–Crippen MR) is 117 cm³/mol. The van der Waals surface area contributed by atoms with E-state index < -0.39 is 0 Å². The fourth-order valence-electron chi connectivity index (χ4n) is 3.48. The van der Waals surface area contributed by atoms with Gasteiger partial charge in [-0.05, 0) is 55.2 Å². The Kier molecular flexibility index (Phi) is 7.95. The van der Waals surface area contributed by atoms with Gasteiger partial charge in [0.05, 0.1) is 6.54 Å². The standard InChI is InChI=1S/C22H26BrFN4O2/c1-28(21(29)14-25-22(30)16-6-2-7-17(23)11-16)10-4-9-19-13-20(27-26-19)15-5-3-8-18(24)12-15/h2-3,5-8,11-12,19-20,26-27H,4,9-10,13-14H2,1H3,(H,25,30). The minimum Gasteiger partial charge on any atom is -0.344 e. The number of hydrogen-bond acceptors (Lipinski definition) is 4. The first-order valence-corrected chi connectivity index (χ1v) is 10.8. The maximum absolute atomic E-state index is 13.4. The zero-order valence-electron chi connectivity index (χ0n) is 16.8. The molecule has 1 aliphatic heterocycles. The van der Waals surface area contributed by atoms with Crippen molar-refractivity contribution in [1.29, 1.82) is 0 Å². The summed E-state index contributed by atoms with van der Waals surface area (Å²) in [7, 11) is 1.74. The fraction of sp³-hybridized carbons (Fsp3) is 0.364. The Morgan fingerprint density at radius 1 is 1.20 bits per heavy atom. The minimum absolute atomic E-state index is 0.0350. The number of hydrazine groups is 1. The Hall–Kier alpha value is -2.29. The topological polar surface area (TPSA) is 73.5 Å². The fourth-order valence-corrected chi connectivity index (χ4v) is 3.88. The lowest BCUT2D eigenvalue weighted by Crippen LogP contribution is -2.39. The SMILES string of the molecule is CN(CCCC1CC(c2cccc(F)c2)NN1)C(=O)CNC(=O)c1cccc(Br)c1. The van der Waals surface area contributed by atoms with Gasteiger partial charge in [0, 0.05) is 35.7 Å². The highest BCUT2D eigenvalue weighted by Crippen LogP contribution is 2.24. The van der Waals surface area contributed by atoms with Crippen molar-refractivity contribution in [3.05, 3.63) is 69.9 Å². The second kappa shape index (κ2) is 10.7. The minimum atomic E-state index is -0.275. The monoisotopic (exact) mass is 476 g/mol. The third-order valence-corrected chi connectivity index (χ3v) is 5.69. The molecule has 0 saturated carbocycles. The van der Waals surface area contributed by atoms with Crippen molar-refractivity contribution < 1.29 is 14.0 Å². The van der Waals surface area contributed by atoms with Crippen molar-refractivity contribution in [2.24, 2.45) is 0 Å². The first kappa shape index (κ1) is 22.4. The van der Waals surface area contributed by atoms with Gasteiger partial charge in [-0.1, -0.05) is 34.1 Å². The lowest BCUT2D eigenvalue weighted by Gasteiger charge is -2.18. The lowest BCUT2D eigenvalue weighted by atomic mass is 9.99. The molecule has 3 rings (SSSR count). The van der Waals surface area contributed by atoms with Crippen LogP contribution in [0.3, 0.4) is 0 Å². The summed E-state index contributed by atoms with van der Waals surface area (Å²) in [6, 6.07) is 14.0. The Labute approximate surface area is 184 Å². The maximum Gasteiger partial charge on any atom is 0.251 e. The molecule has 2 aromatic rings. The molecule has 0 radical (unpaired) electrons. The molecule has 1 fully saturated rings. The molecular weight excluding hydrogens is 451 g/mol. The van der Waals surface area contributed by atoms with Crippen LogP contribution in [0.15, 0.2) is 53.0 Å². The van der Waals surface area contributed by atoms with E-state index in [1.807, 2.05) is 12.1 Å². The average molecular weight is 477 g/mol. The first-order chi connectivity index (χ1) is 14.4. The van der Waals surface area contributed by atoms with E-state index in [9.17, 15) is 14.0 Å². The smallest absolute Gasteiger partial charge is 0.251 e. The summed E-state index contributed by atoms with van der Waals surface area (Å²) >= 11 is 3.33. The molecule has 0 spiro atoms. The van der Waals surface area contributed by atoms with E-state index in [2.05, 4.69) is 32.1 Å². The summed E-state index contributed by atoms with van der Waals surface area (Å²) in [5, 5.41) is 2.66. The van der Waals surface area contributed by atoms with Crippen molar-refractivity contribution in [3.63, 3.8) is 0 Å². The lowest BCUT2D eigenvalue weighted by molar-refractivity contribution is -0.128. The van der Waals surface area contributed by atoms with Gasteiger partial charge in [0.25, 0.3) is 5.91 Å². The van der Waals surface area contributed by atoms with Gasteiger partial charge in [-0.25, -0.2) is 4.39 Å². The molecule has 2 aromatic carbocycles. The van der Waals surface area contributed by atoms with Crippen molar-refractivity contribution in [2.45, 2.75) is 31.3 Å². The number of nitrogens with zero attached hydrogens (tertiary/aromatic N) is 1. The van der Waals surface area contributed by atoms with Crippen LogP contribution < -0.4 is 16.2 Å². The molecule has 2 unspecified atom stereocenters. The maximum atomic E-state index is 13.4. The van der Waals surface area contributed by atoms with Crippen LogP contribution in [0, 0.1) is 5.82 Å². The number of benzene rings is 2. The van der Waals surface area contributed by atoms with Crippen molar-refractivity contribution in [2.75, 3.05) is 20.1 Å². The van der Waals surface area contributed by atoms with Crippen LogP contribution in [-0.2, 0) is 4.79 Å². The Balaban J connectivity index is 1.36. The van der Waals surface area contributed by atoms with Gasteiger partial charge < -0.3 is 10.2 Å². The van der Waals surface area contributed by atoms with Crippen LogP contribution in [0.4, 0.5) is 4.39 Å². The molecule has 0 aromatic heterocycles. The molecule has 3 N–H and O–H groups in total. The Bertz CT molecular complexity index is 895. The molecule has 2 atom stereocenters. The molecule has 160 valence electrons. The quantitative estimate of drug-likeness (QED) is 0.546. The Morgan fingerprint density at radius 3 is 2.77 bits per heavy atom. The molecule has 0 aliphatic carbocycles. The van der Waals surface area contributed by atoms with Gasteiger partial charge in [-0.3, -0.25) is 20.4 Å². The molecule has 1 aliphatic rings.